The monoisotopic (exact) mass is 472 g/mol. The summed E-state index contributed by atoms with van der Waals surface area (Å²) in [6.07, 6.45) is 16.4. The van der Waals surface area contributed by atoms with Crippen molar-refractivity contribution >= 4 is 9.84 Å². The summed E-state index contributed by atoms with van der Waals surface area (Å²) in [5.74, 6) is 0.849. The quantitative estimate of drug-likeness (QED) is 0.430. The minimum atomic E-state index is -3.27. The summed E-state index contributed by atoms with van der Waals surface area (Å²) in [6.45, 7) is 15.9. The van der Waals surface area contributed by atoms with Gasteiger partial charge >= 0.3 is 0 Å². The van der Waals surface area contributed by atoms with Crippen LogP contribution in [0.25, 0.3) is 0 Å². The van der Waals surface area contributed by atoms with E-state index in [0.29, 0.717) is 23.2 Å². The van der Waals surface area contributed by atoms with E-state index in [1.54, 1.807) is 27.7 Å². The van der Waals surface area contributed by atoms with E-state index in [9.17, 15) is 13.5 Å². The fourth-order valence-electron chi connectivity index (χ4n) is 6.07. The van der Waals surface area contributed by atoms with Gasteiger partial charge in [0, 0.05) is 4.91 Å². The number of aliphatic hydroxyl groups excluding tert-OH is 1. The highest BCUT2D eigenvalue weighted by atomic mass is 32.2. The van der Waals surface area contributed by atoms with Crippen LogP contribution in [-0.4, -0.2) is 24.4 Å². The Kier molecular flexibility index (Phi) is 7.70. The van der Waals surface area contributed by atoms with Gasteiger partial charge in [-0.2, -0.15) is 0 Å². The van der Waals surface area contributed by atoms with Gasteiger partial charge in [0.1, 0.15) is 0 Å². The zero-order valence-corrected chi connectivity index (χ0v) is 22.4. The molecule has 2 fully saturated rings. The first kappa shape index (κ1) is 26.2. The Hall–Kier alpha value is -1.39. The van der Waals surface area contributed by atoms with E-state index in [1.807, 2.05) is 6.08 Å². The third-order valence-corrected chi connectivity index (χ3v) is 10.9. The second-order valence-electron chi connectivity index (χ2n) is 11.7. The number of hydrogen-bond donors (Lipinski definition) is 1. The molecule has 0 radical (unpaired) electrons. The number of rotatable bonds is 5. The summed E-state index contributed by atoms with van der Waals surface area (Å²) in [7, 11) is -3.27. The van der Waals surface area contributed by atoms with Gasteiger partial charge in [-0.05, 0) is 102 Å². The van der Waals surface area contributed by atoms with E-state index in [0.717, 1.165) is 32.1 Å². The zero-order valence-electron chi connectivity index (χ0n) is 21.6. The SMILES string of the molecule is C=C1CCC(O)CC1=CC=C1CCCC2(C)C(C(C)CC=C(C)S(=O)(=O)C(C)(C)C)=CCC12. The van der Waals surface area contributed by atoms with Gasteiger partial charge in [0.05, 0.1) is 10.9 Å². The molecule has 0 aromatic carbocycles. The molecular formula is C29H44O3S. The molecule has 0 aliphatic heterocycles. The summed E-state index contributed by atoms with van der Waals surface area (Å²) in [5.41, 5.74) is 5.54. The number of aliphatic hydroxyl groups is 1. The van der Waals surface area contributed by atoms with E-state index in [2.05, 4.69) is 38.7 Å². The molecule has 184 valence electrons. The summed E-state index contributed by atoms with van der Waals surface area (Å²) in [4.78, 5) is 0.493. The van der Waals surface area contributed by atoms with Crippen LogP contribution in [0, 0.1) is 17.3 Å². The Bertz CT molecular complexity index is 1000. The Morgan fingerprint density at radius 1 is 1.30 bits per heavy atom. The van der Waals surface area contributed by atoms with Crippen LogP contribution in [0.5, 0.6) is 0 Å². The van der Waals surface area contributed by atoms with Gasteiger partial charge in [0.25, 0.3) is 0 Å². The molecule has 3 nitrogen and oxygen atoms in total. The first-order valence-electron chi connectivity index (χ1n) is 12.6. The summed E-state index contributed by atoms with van der Waals surface area (Å²) >= 11 is 0. The van der Waals surface area contributed by atoms with E-state index in [4.69, 9.17) is 0 Å². The van der Waals surface area contributed by atoms with Crippen LogP contribution >= 0.6 is 0 Å². The van der Waals surface area contributed by atoms with Crippen molar-refractivity contribution in [3.8, 4) is 0 Å². The lowest BCUT2D eigenvalue weighted by Crippen LogP contribution is -2.32. The maximum absolute atomic E-state index is 12.7. The predicted molar refractivity (Wildman–Crippen MR) is 140 cm³/mol. The molecule has 0 aromatic heterocycles. The second-order valence-corrected chi connectivity index (χ2v) is 14.6. The largest absolute Gasteiger partial charge is 0.393 e. The van der Waals surface area contributed by atoms with Crippen LogP contribution in [0.2, 0.25) is 0 Å². The lowest BCUT2D eigenvalue weighted by atomic mass is 9.62. The molecule has 0 bridgehead atoms. The van der Waals surface area contributed by atoms with Gasteiger partial charge in [0.2, 0.25) is 0 Å². The smallest absolute Gasteiger partial charge is 0.178 e. The van der Waals surface area contributed by atoms with Crippen molar-refractivity contribution < 1.29 is 13.5 Å². The zero-order chi connectivity index (χ0) is 24.6. The Morgan fingerprint density at radius 2 is 2.00 bits per heavy atom. The van der Waals surface area contributed by atoms with Crippen molar-refractivity contribution in [2.45, 2.75) is 104 Å². The van der Waals surface area contributed by atoms with E-state index in [-0.39, 0.29) is 11.5 Å². The predicted octanol–water partition coefficient (Wildman–Crippen LogP) is 7.22. The third kappa shape index (κ3) is 5.32. The molecule has 0 spiro atoms. The fourth-order valence-corrected chi connectivity index (χ4v) is 7.36. The topological polar surface area (TPSA) is 54.4 Å². The third-order valence-electron chi connectivity index (χ3n) is 8.32. The Labute approximate surface area is 202 Å². The molecular weight excluding hydrogens is 428 g/mol. The fraction of sp³-hybridized carbons (Fsp3) is 0.655. The highest BCUT2D eigenvalue weighted by molar-refractivity contribution is 7.96. The molecule has 1 N–H and O–H groups in total. The molecule has 0 amide bonds. The van der Waals surface area contributed by atoms with Gasteiger partial charge in [0.15, 0.2) is 9.84 Å². The van der Waals surface area contributed by atoms with Crippen LogP contribution in [0.1, 0.15) is 92.9 Å². The Balaban J connectivity index is 1.76. The van der Waals surface area contributed by atoms with Gasteiger partial charge in [-0.15, -0.1) is 0 Å². The molecule has 3 aliphatic rings. The van der Waals surface area contributed by atoms with Crippen LogP contribution in [0.4, 0.5) is 0 Å². The average Bonchev–Trinajstić information content (AvgIpc) is 3.09. The number of sulfone groups is 1. The van der Waals surface area contributed by atoms with E-state index in [1.165, 1.54) is 35.1 Å². The van der Waals surface area contributed by atoms with E-state index >= 15 is 0 Å². The number of fused-ring (bicyclic) bond motifs is 1. The van der Waals surface area contributed by atoms with Gasteiger partial charge in [-0.25, -0.2) is 8.42 Å². The van der Waals surface area contributed by atoms with Crippen molar-refractivity contribution in [1.29, 1.82) is 0 Å². The van der Waals surface area contributed by atoms with Crippen molar-refractivity contribution in [3.63, 3.8) is 0 Å². The Morgan fingerprint density at radius 3 is 2.67 bits per heavy atom. The highest BCUT2D eigenvalue weighted by Crippen LogP contribution is 2.57. The van der Waals surface area contributed by atoms with Crippen LogP contribution in [0.3, 0.4) is 0 Å². The minimum Gasteiger partial charge on any atom is -0.393 e. The van der Waals surface area contributed by atoms with Gasteiger partial charge in [-0.1, -0.05) is 61.4 Å². The lowest BCUT2D eigenvalue weighted by Gasteiger charge is -2.42. The summed E-state index contributed by atoms with van der Waals surface area (Å²) in [5, 5.41) is 10.1. The summed E-state index contributed by atoms with van der Waals surface area (Å²) < 4.78 is 24.7. The van der Waals surface area contributed by atoms with Crippen molar-refractivity contribution in [3.05, 3.63) is 58.1 Å². The molecule has 0 aromatic rings. The van der Waals surface area contributed by atoms with Crippen LogP contribution < -0.4 is 0 Å². The molecule has 4 heteroatoms. The molecule has 3 rings (SSSR count). The number of hydrogen-bond acceptors (Lipinski definition) is 3. The molecule has 0 heterocycles. The molecule has 4 atom stereocenters. The van der Waals surface area contributed by atoms with Crippen molar-refractivity contribution in [1.82, 2.24) is 0 Å². The van der Waals surface area contributed by atoms with Gasteiger partial charge < -0.3 is 5.11 Å². The van der Waals surface area contributed by atoms with E-state index < -0.39 is 14.6 Å². The van der Waals surface area contributed by atoms with Crippen LogP contribution in [-0.2, 0) is 9.84 Å². The molecule has 0 saturated heterocycles. The summed E-state index contributed by atoms with van der Waals surface area (Å²) in [6, 6.07) is 0. The van der Waals surface area contributed by atoms with Crippen molar-refractivity contribution in [2.24, 2.45) is 17.3 Å². The first-order valence-corrected chi connectivity index (χ1v) is 14.1. The standard InChI is InChI=1S/C29H44O3S/c1-20-11-15-25(30)19-24(20)14-13-23-9-8-18-29(7)26(16-17-27(23)29)21(2)10-12-22(3)33(31,32)28(4,5)6/h12-14,16,21,25,27,30H,1,8-11,15,17-19H2,2-7H3. The van der Waals surface area contributed by atoms with Gasteiger partial charge in [-0.3, -0.25) is 0 Å². The van der Waals surface area contributed by atoms with Crippen molar-refractivity contribution in [2.75, 3.05) is 0 Å². The normalized spacial score (nSPS) is 32.8. The lowest BCUT2D eigenvalue weighted by molar-refractivity contribution is 0.158. The number of allylic oxidation sites excluding steroid dienone is 8. The maximum Gasteiger partial charge on any atom is 0.178 e. The molecule has 3 aliphatic carbocycles. The second kappa shape index (κ2) is 9.70. The van der Waals surface area contributed by atoms with Crippen LogP contribution in [0.15, 0.2) is 58.1 Å². The molecule has 4 unspecified atom stereocenters. The minimum absolute atomic E-state index is 0.149. The highest BCUT2D eigenvalue weighted by Gasteiger charge is 2.45. The molecule has 2 saturated carbocycles. The maximum atomic E-state index is 12.7. The molecule has 33 heavy (non-hydrogen) atoms. The average molecular weight is 473 g/mol. The first-order chi connectivity index (χ1) is 15.3.